The van der Waals surface area contributed by atoms with Crippen LogP contribution in [0.3, 0.4) is 0 Å². The molecule has 18 atom stereocenters. The minimum atomic E-state index is -1.82. The summed E-state index contributed by atoms with van der Waals surface area (Å²) in [5.74, 6) is -1.88. The number of aliphatic hydroxyl groups is 4. The molecule has 6 rings (SSSR count). The van der Waals surface area contributed by atoms with Gasteiger partial charge in [0.15, 0.2) is 12.6 Å². The largest absolute Gasteiger partial charge is 0.495 e. The summed E-state index contributed by atoms with van der Waals surface area (Å²) in [6.45, 7) is 18.4. The topological polar surface area (TPSA) is 213 Å². The molecular weight excluding hydrogens is 968 g/mol. The molecule has 3 aromatic rings. The first-order valence-electron chi connectivity index (χ1n) is 27.0. The number of hydrogen-bond acceptors (Lipinski definition) is 17. The molecule has 422 valence electrons. The summed E-state index contributed by atoms with van der Waals surface area (Å²) in [6.07, 6.45) is 0.0865. The van der Waals surface area contributed by atoms with Crippen LogP contribution in [-0.2, 0) is 46.1 Å². The zero-order chi connectivity index (χ0) is 55.2. The van der Waals surface area contributed by atoms with E-state index < -0.39 is 103 Å². The average molecular weight is 1060 g/mol. The number of benzene rings is 1. The maximum Gasteiger partial charge on any atom is 0.311 e. The van der Waals surface area contributed by atoms with Gasteiger partial charge in [0.1, 0.15) is 36.3 Å². The molecule has 0 unspecified atom stereocenters. The quantitative estimate of drug-likeness (QED) is 0.122. The van der Waals surface area contributed by atoms with Gasteiger partial charge in [-0.2, -0.15) is 0 Å². The lowest BCUT2D eigenvalue weighted by molar-refractivity contribution is -0.308. The Morgan fingerprint density at radius 2 is 1.64 bits per heavy atom. The highest BCUT2D eigenvalue weighted by Crippen LogP contribution is 2.40. The maximum atomic E-state index is 14.6. The second-order valence-electron chi connectivity index (χ2n) is 22.8. The van der Waals surface area contributed by atoms with Crippen molar-refractivity contribution in [1.29, 1.82) is 0 Å². The van der Waals surface area contributed by atoms with Gasteiger partial charge in [-0.15, -0.1) is 5.10 Å². The molecule has 1 aromatic carbocycles. The van der Waals surface area contributed by atoms with Crippen molar-refractivity contribution in [3.05, 3.63) is 60.2 Å². The Hall–Kier alpha value is -3.73. The van der Waals surface area contributed by atoms with Crippen LogP contribution >= 0.6 is 0 Å². The summed E-state index contributed by atoms with van der Waals surface area (Å²) >= 11 is 0. The van der Waals surface area contributed by atoms with Crippen LogP contribution in [0.25, 0.3) is 11.1 Å². The van der Waals surface area contributed by atoms with E-state index >= 15 is 0 Å². The van der Waals surface area contributed by atoms with E-state index in [1.165, 1.54) is 14.0 Å². The number of pyridine rings is 1. The predicted octanol–water partition coefficient (Wildman–Crippen LogP) is 5.96. The first kappa shape index (κ1) is 60.5. The fraction of sp³-hybridized carbons (Fsp3) is 0.750. The third kappa shape index (κ3) is 14.7. The number of cyclic esters (lactones) is 1. The first-order valence-corrected chi connectivity index (χ1v) is 27.0. The standard InChI is InChI=1S/C56H89FN6O12/c1-15-46-56(10,68)50(64)37(6)62(12)31-33(2)26-54(8,67)52(35(4)49(36(5)53(66)73-46)74-48-27-55(9,70-14)51(65)38(7)72-48)75-47-25-43(22-34(3)71-47)61(11)21-20-42-32-63(60-59-42)44(28-57)23-39-16-18-40(19-17-39)41-24-45(69-13)30-58-29-41/h16-19,24,29-30,32-38,43-44,46-52,64-65,67-68H,15,20-23,25-28,31H2,1-14H3/t33-,34-,35+,36-,37-,38+,43+,44+,46-,47+,48+,49+,50-,51+,52-,54-,55-,56-/m1/s1. The van der Waals surface area contributed by atoms with E-state index in [4.69, 9.17) is 33.2 Å². The summed E-state index contributed by atoms with van der Waals surface area (Å²) in [4.78, 5) is 23.0. The van der Waals surface area contributed by atoms with Gasteiger partial charge >= 0.3 is 5.97 Å². The molecule has 2 aromatic heterocycles. The molecule has 3 aliphatic rings. The third-order valence-corrected chi connectivity index (χ3v) is 16.6. The Morgan fingerprint density at radius 1 is 0.933 bits per heavy atom. The molecule has 0 radical (unpaired) electrons. The smallest absolute Gasteiger partial charge is 0.311 e. The second-order valence-corrected chi connectivity index (χ2v) is 22.8. The van der Waals surface area contributed by atoms with Crippen molar-refractivity contribution in [1.82, 2.24) is 29.8 Å². The average Bonchev–Trinajstić information content (AvgIpc) is 3.86. The fourth-order valence-corrected chi connectivity index (χ4v) is 11.7. The van der Waals surface area contributed by atoms with Crippen molar-refractivity contribution in [2.45, 2.75) is 204 Å². The zero-order valence-electron chi connectivity index (χ0n) is 47.0. The van der Waals surface area contributed by atoms with Gasteiger partial charge in [-0.25, -0.2) is 9.07 Å². The van der Waals surface area contributed by atoms with Crippen LogP contribution in [-0.4, -0.2) is 188 Å². The molecule has 0 saturated carbocycles. The van der Waals surface area contributed by atoms with E-state index in [0.29, 0.717) is 44.5 Å². The van der Waals surface area contributed by atoms with Gasteiger partial charge in [0.05, 0.1) is 66.6 Å². The molecule has 75 heavy (non-hydrogen) atoms. The number of halogens is 1. The molecule has 3 fully saturated rings. The van der Waals surface area contributed by atoms with E-state index in [1.54, 1.807) is 58.8 Å². The van der Waals surface area contributed by atoms with Crippen molar-refractivity contribution in [2.24, 2.45) is 17.8 Å². The molecule has 0 spiro atoms. The van der Waals surface area contributed by atoms with Crippen LogP contribution in [0, 0.1) is 17.8 Å². The Morgan fingerprint density at radius 3 is 2.29 bits per heavy atom. The van der Waals surface area contributed by atoms with Crippen LogP contribution < -0.4 is 4.74 Å². The number of methoxy groups -OCH3 is 2. The van der Waals surface area contributed by atoms with E-state index in [2.05, 4.69) is 20.2 Å². The molecule has 0 amide bonds. The van der Waals surface area contributed by atoms with E-state index in [-0.39, 0.29) is 37.3 Å². The summed E-state index contributed by atoms with van der Waals surface area (Å²) in [5, 5.41) is 56.3. The van der Waals surface area contributed by atoms with E-state index in [0.717, 1.165) is 22.4 Å². The molecule has 4 N–H and O–H groups in total. The zero-order valence-corrected chi connectivity index (χ0v) is 47.0. The van der Waals surface area contributed by atoms with Gasteiger partial charge in [0, 0.05) is 75.4 Å². The summed E-state index contributed by atoms with van der Waals surface area (Å²) in [6, 6.07) is 8.81. The molecular formula is C56H89FN6O12. The van der Waals surface area contributed by atoms with Crippen molar-refractivity contribution in [3.63, 3.8) is 0 Å². The lowest BCUT2D eigenvalue weighted by Crippen LogP contribution is -2.59. The highest BCUT2D eigenvalue weighted by molar-refractivity contribution is 5.73. The number of ether oxygens (including phenoxy) is 7. The Kier molecular flexibility index (Phi) is 20.8. The second kappa shape index (κ2) is 25.8. The highest BCUT2D eigenvalue weighted by atomic mass is 19.1. The Bertz CT molecular complexity index is 2260. The Labute approximate surface area is 444 Å². The number of hydrogen-bond donors (Lipinski definition) is 4. The van der Waals surface area contributed by atoms with Gasteiger partial charge in [-0.1, -0.05) is 50.3 Å². The number of alkyl halides is 1. The van der Waals surface area contributed by atoms with E-state index in [1.807, 2.05) is 83.2 Å². The molecule has 0 aliphatic carbocycles. The normalized spacial score (nSPS) is 37.4. The van der Waals surface area contributed by atoms with Crippen LogP contribution in [0.4, 0.5) is 4.39 Å². The van der Waals surface area contributed by atoms with E-state index in [9.17, 15) is 29.6 Å². The van der Waals surface area contributed by atoms with Gasteiger partial charge in [0.2, 0.25) is 0 Å². The first-order chi connectivity index (χ1) is 35.3. The fourth-order valence-electron chi connectivity index (χ4n) is 11.7. The summed E-state index contributed by atoms with van der Waals surface area (Å²) in [5.41, 5.74) is -0.781. The number of nitrogens with zero attached hydrogens (tertiary/aromatic N) is 6. The maximum absolute atomic E-state index is 14.6. The number of esters is 1. The SMILES string of the molecule is CC[C@H]1OC(=O)[C@H](C)[C@@H](O[C@H]2C[C@@](C)(OC)[C@@H](O)[C@H](C)O2)[C@H](C)[C@@H](O[C@H]2C[C@@H](N(C)CCc3cn([C@H](CF)Cc4ccc(-c5cncc(OC)c5)cc4)nn3)C[C@@H](C)O2)[C@](C)(O)C[C@@H](C)CN(C)[C@H](C)[C@@H](O)[C@]1(C)O. The molecule has 3 aliphatic heterocycles. The molecule has 0 bridgehead atoms. The van der Waals surface area contributed by atoms with Crippen molar-refractivity contribution >= 4 is 5.97 Å². The number of rotatable bonds is 16. The highest BCUT2D eigenvalue weighted by Gasteiger charge is 2.52. The van der Waals surface area contributed by atoms with Crippen molar-refractivity contribution in [3.8, 4) is 16.9 Å². The van der Waals surface area contributed by atoms with Crippen LogP contribution in [0.5, 0.6) is 5.75 Å². The number of carbonyl (C=O) groups is 1. The molecule has 18 nitrogen and oxygen atoms in total. The lowest BCUT2D eigenvalue weighted by atomic mass is 9.77. The number of carbonyl (C=O) groups excluding carboxylic acids is 1. The van der Waals surface area contributed by atoms with Crippen LogP contribution in [0.1, 0.15) is 119 Å². The number of likely N-dealkylation sites (N-methyl/N-ethyl adjacent to an activating group) is 2. The van der Waals surface area contributed by atoms with Crippen molar-refractivity contribution in [2.75, 3.05) is 48.1 Å². The summed E-state index contributed by atoms with van der Waals surface area (Å²) < 4.78 is 60.3. The minimum Gasteiger partial charge on any atom is -0.495 e. The lowest BCUT2D eigenvalue weighted by Gasteiger charge is -2.48. The predicted molar refractivity (Wildman–Crippen MR) is 280 cm³/mol. The number of aromatic nitrogens is 4. The van der Waals surface area contributed by atoms with Gasteiger partial charge < -0.3 is 63.4 Å². The van der Waals surface area contributed by atoms with Gasteiger partial charge in [0.25, 0.3) is 0 Å². The summed E-state index contributed by atoms with van der Waals surface area (Å²) in [7, 11) is 7.04. The number of aliphatic hydroxyl groups excluding tert-OH is 2. The molecule has 5 heterocycles. The van der Waals surface area contributed by atoms with Gasteiger partial charge in [-0.05, 0) is 111 Å². The van der Waals surface area contributed by atoms with Crippen LogP contribution in [0.2, 0.25) is 0 Å². The van der Waals surface area contributed by atoms with Crippen LogP contribution in [0.15, 0.2) is 48.9 Å². The van der Waals surface area contributed by atoms with Crippen molar-refractivity contribution < 1.29 is 62.8 Å². The minimum absolute atomic E-state index is 0.00102. The third-order valence-electron chi connectivity index (χ3n) is 16.6. The molecule has 3 saturated heterocycles. The molecule has 19 heteroatoms. The Balaban J connectivity index is 1.21. The monoisotopic (exact) mass is 1060 g/mol. The van der Waals surface area contributed by atoms with Gasteiger partial charge in [-0.3, -0.25) is 9.78 Å².